The molecule has 0 aliphatic carbocycles. The zero-order valence-electron chi connectivity index (χ0n) is 7.02. The lowest BCUT2D eigenvalue weighted by atomic mass is 10.3. The van der Waals surface area contributed by atoms with Gasteiger partial charge in [0.25, 0.3) is 0 Å². The third-order valence-electron chi connectivity index (χ3n) is 1.56. The van der Waals surface area contributed by atoms with Gasteiger partial charge in [0.05, 0.1) is 7.11 Å². The molecule has 0 aromatic heterocycles. The predicted octanol–water partition coefficient (Wildman–Crippen LogP) is 0.346. The summed E-state index contributed by atoms with van der Waals surface area (Å²) in [4.78, 5) is 12.3. The highest BCUT2D eigenvalue weighted by atomic mass is 32.2. The molecule has 2 aliphatic rings. The normalized spacial score (nSPS) is 20.7. The smallest absolute Gasteiger partial charge is 0.239 e. The van der Waals surface area contributed by atoms with Gasteiger partial charge in [-0.3, -0.25) is 4.99 Å². The van der Waals surface area contributed by atoms with Gasteiger partial charge >= 0.3 is 0 Å². The largest absolute Gasteiger partial charge is 0.480 e. The van der Waals surface area contributed by atoms with Crippen LogP contribution in [-0.2, 0) is 4.74 Å². The van der Waals surface area contributed by atoms with Crippen molar-refractivity contribution in [2.24, 2.45) is 20.7 Å². The number of methoxy groups -OCH3 is 1. The maximum absolute atomic E-state index is 5.55. The number of ether oxygens (including phenoxy) is 1. The lowest BCUT2D eigenvalue weighted by molar-refractivity contribution is 0.409. The summed E-state index contributed by atoms with van der Waals surface area (Å²) in [6, 6.07) is 0. The van der Waals surface area contributed by atoms with E-state index in [1.165, 1.54) is 11.8 Å². The standard InChI is InChI=1S/C7H8N4OS/c1-12-6-5-7(10-3-9-6)13-2-4(8)11-5/h2H,3,8H2,1H3. The van der Waals surface area contributed by atoms with Crippen molar-refractivity contribution in [1.82, 2.24) is 0 Å². The summed E-state index contributed by atoms with van der Waals surface area (Å²) >= 11 is 1.45. The fourth-order valence-electron chi connectivity index (χ4n) is 1.03. The molecule has 2 aliphatic heterocycles. The van der Waals surface area contributed by atoms with Gasteiger partial charge < -0.3 is 10.5 Å². The number of thioether (sulfide) groups is 1. The van der Waals surface area contributed by atoms with Gasteiger partial charge in [-0.2, -0.15) is 0 Å². The number of hydrogen-bond donors (Lipinski definition) is 1. The molecule has 0 saturated heterocycles. The van der Waals surface area contributed by atoms with Crippen molar-refractivity contribution in [2.75, 3.05) is 13.8 Å². The highest BCUT2D eigenvalue weighted by Crippen LogP contribution is 2.19. The maximum Gasteiger partial charge on any atom is 0.239 e. The molecule has 0 radical (unpaired) electrons. The molecular formula is C7H8N4OS. The third-order valence-corrected chi connectivity index (χ3v) is 2.46. The van der Waals surface area contributed by atoms with E-state index in [0.29, 0.717) is 24.1 Å². The Labute approximate surface area is 79.5 Å². The first-order valence-corrected chi connectivity index (χ1v) is 4.54. The molecule has 0 bridgehead atoms. The summed E-state index contributed by atoms with van der Waals surface area (Å²) in [6.07, 6.45) is 0. The van der Waals surface area contributed by atoms with E-state index in [1.807, 2.05) is 0 Å². The van der Waals surface area contributed by atoms with Crippen LogP contribution in [0.15, 0.2) is 26.2 Å². The van der Waals surface area contributed by atoms with Crippen LogP contribution in [0.1, 0.15) is 0 Å². The summed E-state index contributed by atoms with van der Waals surface area (Å²) in [5.41, 5.74) is 6.18. The molecule has 0 aromatic carbocycles. The highest BCUT2D eigenvalue weighted by molar-refractivity contribution is 8.18. The van der Waals surface area contributed by atoms with E-state index in [9.17, 15) is 0 Å². The van der Waals surface area contributed by atoms with Crippen molar-refractivity contribution < 1.29 is 4.74 Å². The molecule has 5 nitrogen and oxygen atoms in total. The van der Waals surface area contributed by atoms with Gasteiger partial charge in [0.1, 0.15) is 17.5 Å². The highest BCUT2D eigenvalue weighted by Gasteiger charge is 2.22. The van der Waals surface area contributed by atoms with Crippen molar-refractivity contribution in [3.8, 4) is 0 Å². The molecule has 0 amide bonds. The second-order valence-electron chi connectivity index (χ2n) is 2.39. The number of rotatable bonds is 0. The Morgan fingerprint density at radius 3 is 3.15 bits per heavy atom. The molecule has 2 N–H and O–H groups in total. The van der Waals surface area contributed by atoms with Crippen LogP contribution in [0, 0.1) is 0 Å². The Hall–Kier alpha value is -1.30. The van der Waals surface area contributed by atoms with Gasteiger partial charge in [-0.1, -0.05) is 11.8 Å². The minimum atomic E-state index is 0.401. The van der Waals surface area contributed by atoms with Gasteiger partial charge in [0.15, 0.2) is 5.71 Å². The van der Waals surface area contributed by atoms with E-state index >= 15 is 0 Å². The van der Waals surface area contributed by atoms with Crippen LogP contribution in [-0.4, -0.2) is 30.4 Å². The van der Waals surface area contributed by atoms with Gasteiger partial charge in [-0.05, 0) is 0 Å². The topological polar surface area (TPSA) is 72.3 Å². The molecule has 0 atom stereocenters. The van der Waals surface area contributed by atoms with Crippen molar-refractivity contribution in [3.05, 3.63) is 11.2 Å². The fraction of sp³-hybridized carbons (Fsp3) is 0.286. The summed E-state index contributed by atoms with van der Waals surface area (Å²) in [5, 5.41) is 2.57. The number of hydrogen-bond acceptors (Lipinski definition) is 6. The van der Waals surface area contributed by atoms with E-state index in [-0.39, 0.29) is 0 Å². The Kier molecular flexibility index (Phi) is 2.05. The van der Waals surface area contributed by atoms with Gasteiger partial charge in [-0.25, -0.2) is 9.98 Å². The van der Waals surface area contributed by atoms with Crippen LogP contribution >= 0.6 is 11.8 Å². The SMILES string of the molecule is COC1=NCN=C2SC=C(N)N=C12. The van der Waals surface area contributed by atoms with Crippen LogP contribution < -0.4 is 5.73 Å². The van der Waals surface area contributed by atoms with Crippen LogP contribution in [0.5, 0.6) is 0 Å². The molecule has 2 heterocycles. The predicted molar refractivity (Wildman–Crippen MR) is 54.0 cm³/mol. The van der Waals surface area contributed by atoms with Gasteiger partial charge in [-0.15, -0.1) is 0 Å². The molecule has 6 heteroatoms. The molecule has 0 unspecified atom stereocenters. The summed E-state index contributed by atoms with van der Waals surface area (Å²) in [7, 11) is 1.56. The Bertz CT molecular complexity index is 356. The first-order chi connectivity index (χ1) is 6.31. The van der Waals surface area contributed by atoms with Crippen molar-refractivity contribution in [2.45, 2.75) is 0 Å². The van der Waals surface area contributed by atoms with Crippen molar-refractivity contribution in [3.63, 3.8) is 0 Å². The molecule has 0 saturated carbocycles. The molecule has 68 valence electrons. The van der Waals surface area contributed by atoms with E-state index in [4.69, 9.17) is 10.5 Å². The van der Waals surface area contributed by atoms with E-state index in [1.54, 1.807) is 12.5 Å². The summed E-state index contributed by atoms with van der Waals surface area (Å²) < 4.78 is 5.05. The molecular weight excluding hydrogens is 188 g/mol. The lowest BCUT2D eigenvalue weighted by Gasteiger charge is -2.16. The Balaban J connectivity index is 2.39. The average Bonchev–Trinajstić information content (AvgIpc) is 2.17. The molecule has 13 heavy (non-hydrogen) atoms. The van der Waals surface area contributed by atoms with Crippen LogP contribution in [0.25, 0.3) is 0 Å². The number of nitrogens with zero attached hydrogens (tertiary/aromatic N) is 3. The van der Waals surface area contributed by atoms with E-state index in [0.717, 1.165) is 5.04 Å². The second-order valence-corrected chi connectivity index (χ2v) is 3.25. The lowest BCUT2D eigenvalue weighted by Crippen LogP contribution is -2.29. The van der Waals surface area contributed by atoms with Crippen molar-refractivity contribution in [1.29, 1.82) is 0 Å². The third kappa shape index (κ3) is 1.44. The first-order valence-electron chi connectivity index (χ1n) is 3.66. The van der Waals surface area contributed by atoms with E-state index < -0.39 is 0 Å². The number of fused-ring (bicyclic) bond motifs is 1. The van der Waals surface area contributed by atoms with E-state index in [2.05, 4.69) is 15.0 Å². The molecule has 2 rings (SSSR count). The second kappa shape index (κ2) is 3.21. The molecule has 0 spiro atoms. The quantitative estimate of drug-likeness (QED) is 0.607. The van der Waals surface area contributed by atoms with Gasteiger partial charge in [0.2, 0.25) is 5.90 Å². The summed E-state index contributed by atoms with van der Waals surface area (Å²) in [5.74, 6) is 0.971. The number of nitrogens with two attached hydrogens (primary N) is 1. The van der Waals surface area contributed by atoms with Crippen LogP contribution in [0.2, 0.25) is 0 Å². The molecule has 0 fully saturated rings. The zero-order valence-corrected chi connectivity index (χ0v) is 7.84. The number of aliphatic imine (C=N–C) groups is 3. The first kappa shape index (κ1) is 8.31. The zero-order chi connectivity index (χ0) is 9.26. The fourth-order valence-corrected chi connectivity index (χ4v) is 1.69. The maximum atomic E-state index is 5.55. The molecule has 0 aromatic rings. The Morgan fingerprint density at radius 1 is 1.54 bits per heavy atom. The van der Waals surface area contributed by atoms with Crippen LogP contribution in [0.4, 0.5) is 0 Å². The minimum absolute atomic E-state index is 0.401. The Morgan fingerprint density at radius 2 is 2.38 bits per heavy atom. The summed E-state index contributed by atoms with van der Waals surface area (Å²) in [6.45, 7) is 0.401. The minimum Gasteiger partial charge on any atom is -0.480 e. The van der Waals surface area contributed by atoms with Crippen molar-refractivity contribution >= 4 is 28.4 Å². The average molecular weight is 196 g/mol. The van der Waals surface area contributed by atoms with Crippen LogP contribution in [0.3, 0.4) is 0 Å². The van der Waals surface area contributed by atoms with Gasteiger partial charge in [0, 0.05) is 5.41 Å². The monoisotopic (exact) mass is 196 g/mol.